The lowest BCUT2D eigenvalue weighted by molar-refractivity contribution is 0.668. The number of rotatable bonds is 4. The summed E-state index contributed by atoms with van der Waals surface area (Å²) in [5.74, 6) is 1.61. The molecular weight excluding hydrogens is 631 g/mol. The minimum absolute atomic E-state index is 0.518. The first kappa shape index (κ1) is 27.9. The van der Waals surface area contributed by atoms with Crippen LogP contribution in [0.4, 0.5) is 0 Å². The van der Waals surface area contributed by atoms with E-state index in [1.165, 1.54) is 0 Å². The molecule has 0 aliphatic heterocycles. The summed E-state index contributed by atoms with van der Waals surface area (Å²) in [6.07, 6.45) is 0. The molecule has 0 N–H and O–H groups in total. The van der Waals surface area contributed by atoms with Crippen molar-refractivity contribution in [3.8, 4) is 45.3 Å². The van der Waals surface area contributed by atoms with Crippen molar-refractivity contribution in [1.29, 1.82) is 0 Å². The van der Waals surface area contributed by atoms with Crippen LogP contribution < -0.4 is 0 Å². The van der Waals surface area contributed by atoms with Crippen LogP contribution in [0.15, 0.2) is 165 Å². The average Bonchev–Trinajstić information content (AvgIpc) is 3.89. The van der Waals surface area contributed by atoms with E-state index < -0.39 is 0 Å². The molecule has 0 saturated carbocycles. The van der Waals surface area contributed by atoms with Crippen LogP contribution in [0.5, 0.6) is 0 Å². The van der Waals surface area contributed by atoms with Crippen molar-refractivity contribution in [3.63, 3.8) is 0 Å². The van der Waals surface area contributed by atoms with Crippen molar-refractivity contribution >= 4 is 65.8 Å². The lowest BCUT2D eigenvalue weighted by Crippen LogP contribution is -2.00. The molecule has 0 amide bonds. The van der Waals surface area contributed by atoms with E-state index in [0.29, 0.717) is 23.1 Å². The van der Waals surface area contributed by atoms with E-state index in [2.05, 4.69) is 54.6 Å². The quantitative estimate of drug-likeness (QED) is 0.188. The first-order valence-electron chi connectivity index (χ1n) is 16.9. The molecule has 4 aromatic heterocycles. The summed E-state index contributed by atoms with van der Waals surface area (Å²) in [6, 6.07) is 51.1. The normalized spacial score (nSPS) is 11.9. The highest BCUT2D eigenvalue weighted by molar-refractivity contribution is 6.14. The molecular formula is C45H25N3O3. The van der Waals surface area contributed by atoms with E-state index in [-0.39, 0.29) is 0 Å². The van der Waals surface area contributed by atoms with Crippen molar-refractivity contribution in [3.05, 3.63) is 152 Å². The van der Waals surface area contributed by atoms with Gasteiger partial charge in [-0.3, -0.25) is 0 Å². The summed E-state index contributed by atoms with van der Waals surface area (Å²) >= 11 is 0. The lowest BCUT2D eigenvalue weighted by atomic mass is 10.00. The van der Waals surface area contributed by atoms with Gasteiger partial charge < -0.3 is 13.3 Å². The highest BCUT2D eigenvalue weighted by atomic mass is 16.3. The first-order valence-corrected chi connectivity index (χ1v) is 16.9. The van der Waals surface area contributed by atoms with Crippen molar-refractivity contribution in [2.45, 2.75) is 0 Å². The van der Waals surface area contributed by atoms with Crippen LogP contribution in [0.2, 0.25) is 0 Å². The molecule has 11 rings (SSSR count). The molecule has 0 bridgehead atoms. The van der Waals surface area contributed by atoms with E-state index in [4.69, 9.17) is 28.2 Å². The smallest absolute Gasteiger partial charge is 0.167 e. The number of nitrogens with zero attached hydrogens (tertiary/aromatic N) is 3. The number of fused-ring (bicyclic) bond motifs is 9. The second-order valence-corrected chi connectivity index (χ2v) is 12.7. The molecule has 0 radical (unpaired) electrons. The summed E-state index contributed by atoms with van der Waals surface area (Å²) in [6.45, 7) is 0. The number of benzene rings is 7. The summed E-state index contributed by atoms with van der Waals surface area (Å²) in [5.41, 5.74) is 9.33. The highest BCUT2D eigenvalue weighted by Crippen LogP contribution is 2.42. The molecule has 51 heavy (non-hydrogen) atoms. The topological polar surface area (TPSA) is 78.1 Å². The monoisotopic (exact) mass is 655 g/mol. The summed E-state index contributed by atoms with van der Waals surface area (Å²) in [5, 5.41) is 6.23. The van der Waals surface area contributed by atoms with E-state index in [0.717, 1.165) is 88.0 Å². The predicted octanol–water partition coefficient (Wildman–Crippen LogP) is 12.2. The Labute approximate surface area is 290 Å². The van der Waals surface area contributed by atoms with Gasteiger partial charge in [0.15, 0.2) is 17.5 Å². The number of hydrogen-bond acceptors (Lipinski definition) is 6. The fraction of sp³-hybridized carbons (Fsp3) is 0. The minimum atomic E-state index is 0.518. The Morgan fingerprint density at radius 3 is 1.49 bits per heavy atom. The van der Waals surface area contributed by atoms with Crippen molar-refractivity contribution in [1.82, 2.24) is 15.0 Å². The second-order valence-electron chi connectivity index (χ2n) is 12.7. The fourth-order valence-corrected chi connectivity index (χ4v) is 7.37. The minimum Gasteiger partial charge on any atom is -0.456 e. The first-order chi connectivity index (χ1) is 25.3. The molecule has 0 spiro atoms. The van der Waals surface area contributed by atoms with E-state index in [1.54, 1.807) is 0 Å². The van der Waals surface area contributed by atoms with Gasteiger partial charge in [-0.25, -0.2) is 15.0 Å². The third kappa shape index (κ3) is 4.26. The summed E-state index contributed by atoms with van der Waals surface area (Å²) < 4.78 is 19.4. The van der Waals surface area contributed by atoms with Gasteiger partial charge in [-0.05, 0) is 42.0 Å². The van der Waals surface area contributed by atoms with E-state index in [1.807, 2.05) is 97.1 Å². The predicted molar refractivity (Wildman–Crippen MR) is 203 cm³/mol. The Balaban J connectivity index is 1.13. The van der Waals surface area contributed by atoms with Gasteiger partial charge in [-0.15, -0.1) is 0 Å². The molecule has 0 unspecified atom stereocenters. The van der Waals surface area contributed by atoms with Crippen LogP contribution >= 0.6 is 0 Å². The molecule has 0 aliphatic rings. The number of furan rings is 3. The van der Waals surface area contributed by atoms with Crippen LogP contribution in [-0.2, 0) is 0 Å². The maximum atomic E-state index is 6.86. The molecule has 11 aromatic rings. The average molecular weight is 656 g/mol. The Bertz CT molecular complexity index is 3150. The number of para-hydroxylation sites is 5. The van der Waals surface area contributed by atoms with Crippen LogP contribution in [0.25, 0.3) is 111 Å². The zero-order chi connectivity index (χ0) is 33.5. The molecule has 6 heteroatoms. The second kappa shape index (κ2) is 10.7. The van der Waals surface area contributed by atoms with Crippen LogP contribution in [0, 0.1) is 0 Å². The summed E-state index contributed by atoms with van der Waals surface area (Å²) in [4.78, 5) is 15.2. The van der Waals surface area contributed by atoms with Crippen molar-refractivity contribution < 1.29 is 13.3 Å². The van der Waals surface area contributed by atoms with Crippen molar-refractivity contribution in [2.75, 3.05) is 0 Å². The molecule has 238 valence electrons. The Morgan fingerprint density at radius 1 is 0.294 bits per heavy atom. The van der Waals surface area contributed by atoms with E-state index >= 15 is 0 Å². The van der Waals surface area contributed by atoms with Crippen molar-refractivity contribution in [2.24, 2.45) is 0 Å². The molecule has 0 fully saturated rings. The highest BCUT2D eigenvalue weighted by Gasteiger charge is 2.21. The van der Waals surface area contributed by atoms with Gasteiger partial charge in [0.1, 0.15) is 33.5 Å². The maximum Gasteiger partial charge on any atom is 0.167 e. The molecule has 0 saturated heterocycles. The van der Waals surface area contributed by atoms with Gasteiger partial charge in [0.2, 0.25) is 0 Å². The third-order valence-electron chi connectivity index (χ3n) is 9.77. The van der Waals surface area contributed by atoms with Gasteiger partial charge in [0.05, 0.1) is 11.1 Å². The fourth-order valence-electron chi connectivity index (χ4n) is 7.37. The summed E-state index contributed by atoms with van der Waals surface area (Å²) in [7, 11) is 0. The SMILES string of the molecule is c1ccc(-c2nc(-c3cccc4c3oc3ccccc34)nc(-c3cccc4c3oc3c(-c5ccc6oc7ccccc7c6c5)cccc34)n2)cc1. The van der Waals surface area contributed by atoms with Crippen LogP contribution in [0.3, 0.4) is 0 Å². The van der Waals surface area contributed by atoms with Crippen LogP contribution in [-0.4, -0.2) is 15.0 Å². The molecule has 6 nitrogen and oxygen atoms in total. The van der Waals surface area contributed by atoms with Gasteiger partial charge >= 0.3 is 0 Å². The number of hydrogen-bond donors (Lipinski definition) is 0. The zero-order valence-corrected chi connectivity index (χ0v) is 27.0. The molecule has 0 atom stereocenters. The Kier molecular flexibility index (Phi) is 5.86. The van der Waals surface area contributed by atoms with Gasteiger partial charge in [-0.2, -0.15) is 0 Å². The number of aromatic nitrogens is 3. The largest absolute Gasteiger partial charge is 0.456 e. The Hall–Kier alpha value is -7.05. The molecule has 7 aromatic carbocycles. The maximum absolute atomic E-state index is 6.86. The molecule has 0 aliphatic carbocycles. The van der Waals surface area contributed by atoms with Gasteiger partial charge in [0, 0.05) is 43.4 Å². The van der Waals surface area contributed by atoms with Gasteiger partial charge in [0.25, 0.3) is 0 Å². The third-order valence-corrected chi connectivity index (χ3v) is 9.77. The standard InChI is InChI=1S/C45H25N3O3/c1-2-11-26(12-3-1)43-46-44(34-19-9-16-31-29-13-4-7-22-38(29)50-41(31)34)48-45(47-43)35-20-10-18-33-32-17-8-15-28(40(32)51-42(33)35)27-23-24-39-36(25-27)30-14-5-6-21-37(30)49-39/h1-25H. The lowest BCUT2D eigenvalue weighted by Gasteiger charge is -2.09. The van der Waals surface area contributed by atoms with Gasteiger partial charge in [-0.1, -0.05) is 115 Å². The molecule has 4 heterocycles. The zero-order valence-electron chi connectivity index (χ0n) is 27.0. The Morgan fingerprint density at radius 2 is 0.784 bits per heavy atom. The van der Waals surface area contributed by atoms with E-state index in [9.17, 15) is 0 Å². The van der Waals surface area contributed by atoms with Crippen LogP contribution in [0.1, 0.15) is 0 Å².